The second kappa shape index (κ2) is 10.7. The molecule has 0 aliphatic carbocycles. The number of methoxy groups -OCH3 is 1. The first kappa shape index (κ1) is 25.7. The highest BCUT2D eigenvalue weighted by atomic mass is 19.1. The molecule has 36 heavy (non-hydrogen) atoms. The molecule has 3 N–H and O–H groups in total. The maximum atomic E-state index is 14.4. The van der Waals surface area contributed by atoms with Crippen LogP contribution in [0.15, 0.2) is 42.6 Å². The monoisotopic (exact) mass is 504 g/mol. The largest absolute Gasteiger partial charge is 0.481 e. The van der Waals surface area contributed by atoms with E-state index in [1.54, 1.807) is 0 Å². The van der Waals surface area contributed by atoms with E-state index in [1.807, 2.05) is 0 Å². The number of benzene rings is 1. The molecule has 0 saturated carbocycles. The number of aromatic nitrogens is 2. The van der Waals surface area contributed by atoms with Crippen LogP contribution in [-0.2, 0) is 11.2 Å². The van der Waals surface area contributed by atoms with Crippen molar-refractivity contribution in [3.8, 4) is 17.1 Å². The van der Waals surface area contributed by atoms with Gasteiger partial charge in [-0.25, -0.2) is 23.1 Å². The normalized spacial score (nSPS) is 21.9. The third kappa shape index (κ3) is 5.09. The highest BCUT2D eigenvalue weighted by molar-refractivity contribution is 5.96. The molecule has 1 aliphatic heterocycles. The van der Waals surface area contributed by atoms with Crippen molar-refractivity contribution in [3.05, 3.63) is 76.9 Å². The molecule has 0 bridgehead atoms. The number of halogens is 3. The van der Waals surface area contributed by atoms with Crippen LogP contribution in [0.4, 0.5) is 13.2 Å². The van der Waals surface area contributed by atoms with Crippen molar-refractivity contribution in [1.29, 1.82) is 0 Å². The lowest BCUT2D eigenvalue weighted by Crippen LogP contribution is -2.47. The number of Topliss-reactive ketones (excluding diaryl/α,β-unsaturated/α-hetero) is 1. The Hall–Kier alpha value is -3.38. The van der Waals surface area contributed by atoms with Gasteiger partial charge in [-0.05, 0) is 29.8 Å². The number of hydrogen-bond acceptors (Lipinski definition) is 8. The predicted octanol–water partition coefficient (Wildman–Crippen LogP) is 2.54. The van der Waals surface area contributed by atoms with Crippen molar-refractivity contribution in [1.82, 2.24) is 9.97 Å². The molecule has 1 saturated heterocycles. The topological polar surface area (TPSA) is 122 Å². The first-order valence-electron chi connectivity index (χ1n) is 11.0. The molecule has 3 aromatic rings. The smallest absolute Gasteiger partial charge is 0.213 e. The summed E-state index contributed by atoms with van der Waals surface area (Å²) >= 11 is 0. The molecule has 1 fully saturated rings. The van der Waals surface area contributed by atoms with Crippen LogP contribution in [0.2, 0.25) is 0 Å². The highest BCUT2D eigenvalue weighted by Crippen LogP contribution is 2.35. The summed E-state index contributed by atoms with van der Waals surface area (Å²) in [5.41, 5.74) is -0.779. The van der Waals surface area contributed by atoms with Gasteiger partial charge in [0.25, 0.3) is 0 Å². The third-order valence-corrected chi connectivity index (χ3v) is 5.99. The fourth-order valence-electron chi connectivity index (χ4n) is 4.11. The fraction of sp³-hybridized carbons (Fsp3) is 0.320. The Bertz CT molecular complexity index is 1250. The molecular weight excluding hydrogens is 481 g/mol. The first-order valence-corrected chi connectivity index (χ1v) is 11.0. The number of carbonyl (C=O) groups is 1. The van der Waals surface area contributed by atoms with Gasteiger partial charge in [0.05, 0.1) is 31.5 Å². The second-order valence-electron chi connectivity index (χ2n) is 8.29. The molecule has 4 atom stereocenters. The zero-order valence-electron chi connectivity index (χ0n) is 19.1. The molecule has 11 heteroatoms. The number of aliphatic hydroxyl groups excluding tert-OH is 3. The molecule has 0 amide bonds. The number of nitrogens with zero attached hydrogens (tertiary/aromatic N) is 2. The maximum Gasteiger partial charge on any atom is 0.213 e. The van der Waals surface area contributed by atoms with Gasteiger partial charge in [0.2, 0.25) is 5.88 Å². The van der Waals surface area contributed by atoms with E-state index in [9.17, 15) is 33.3 Å². The van der Waals surface area contributed by atoms with Crippen LogP contribution in [-0.4, -0.2) is 63.1 Å². The summed E-state index contributed by atoms with van der Waals surface area (Å²) in [6.07, 6.45) is -3.28. The van der Waals surface area contributed by atoms with E-state index < -0.39 is 65.5 Å². The molecule has 4 rings (SSSR count). The standard InChI is InChI=1S/C25H23F3N2O6/c1-35-22-8-12(13(10-29-22)20-9-19(33)25(34)21(11-31)36-20)7-18(32)17-6-5-16(28)24(30-17)23-14(26)3-2-4-15(23)27/h2-6,8,10,19-21,25,31,33-34H,7,9,11H2,1H3/t19-,20-,21-,25+/m1/s1. The van der Waals surface area contributed by atoms with Crippen LogP contribution in [0.1, 0.15) is 34.1 Å². The molecule has 1 aromatic carbocycles. The Morgan fingerprint density at radius 2 is 1.86 bits per heavy atom. The van der Waals surface area contributed by atoms with Gasteiger partial charge in [0.15, 0.2) is 5.78 Å². The lowest BCUT2D eigenvalue weighted by Gasteiger charge is -2.37. The Labute approximate surface area is 204 Å². The quantitative estimate of drug-likeness (QED) is 0.420. The van der Waals surface area contributed by atoms with Gasteiger partial charge in [-0.2, -0.15) is 0 Å². The highest BCUT2D eigenvalue weighted by Gasteiger charge is 2.38. The van der Waals surface area contributed by atoms with E-state index in [2.05, 4.69) is 9.97 Å². The van der Waals surface area contributed by atoms with Crippen LogP contribution in [0, 0.1) is 17.5 Å². The number of pyridine rings is 2. The fourth-order valence-corrected chi connectivity index (χ4v) is 4.11. The van der Waals surface area contributed by atoms with Gasteiger partial charge in [-0.1, -0.05) is 6.07 Å². The molecule has 3 heterocycles. The number of carbonyl (C=O) groups excluding carboxylic acids is 1. The van der Waals surface area contributed by atoms with E-state index in [1.165, 1.54) is 19.4 Å². The molecule has 0 spiro atoms. The van der Waals surface area contributed by atoms with Gasteiger partial charge in [0, 0.05) is 30.7 Å². The van der Waals surface area contributed by atoms with Gasteiger partial charge in [0.1, 0.15) is 41.0 Å². The minimum Gasteiger partial charge on any atom is -0.481 e. The van der Waals surface area contributed by atoms with Crippen LogP contribution < -0.4 is 4.74 Å². The Balaban J connectivity index is 1.68. The van der Waals surface area contributed by atoms with Crippen molar-refractivity contribution < 1.29 is 42.8 Å². The number of rotatable bonds is 7. The van der Waals surface area contributed by atoms with Crippen LogP contribution in [0.3, 0.4) is 0 Å². The van der Waals surface area contributed by atoms with Crippen molar-refractivity contribution in [2.75, 3.05) is 13.7 Å². The van der Waals surface area contributed by atoms with E-state index in [4.69, 9.17) is 9.47 Å². The number of hydrogen-bond donors (Lipinski definition) is 3. The summed E-state index contributed by atoms with van der Waals surface area (Å²) in [6, 6.07) is 6.53. The van der Waals surface area contributed by atoms with Crippen LogP contribution in [0.25, 0.3) is 11.3 Å². The Morgan fingerprint density at radius 3 is 2.53 bits per heavy atom. The van der Waals surface area contributed by atoms with Gasteiger partial charge in [-0.3, -0.25) is 4.79 Å². The molecule has 0 radical (unpaired) electrons. The van der Waals surface area contributed by atoms with Crippen molar-refractivity contribution in [2.45, 2.75) is 37.3 Å². The minimum absolute atomic E-state index is 0.0294. The van der Waals surface area contributed by atoms with Crippen molar-refractivity contribution in [3.63, 3.8) is 0 Å². The molecule has 190 valence electrons. The predicted molar refractivity (Wildman–Crippen MR) is 120 cm³/mol. The molecule has 2 aromatic heterocycles. The third-order valence-electron chi connectivity index (χ3n) is 5.99. The summed E-state index contributed by atoms with van der Waals surface area (Å²) in [7, 11) is 1.38. The van der Waals surface area contributed by atoms with Gasteiger partial charge in [-0.15, -0.1) is 0 Å². The number of ketones is 1. The minimum atomic E-state index is -1.29. The van der Waals surface area contributed by atoms with Crippen molar-refractivity contribution >= 4 is 5.78 Å². The summed E-state index contributed by atoms with van der Waals surface area (Å²) in [6.45, 7) is -0.540. The van der Waals surface area contributed by atoms with Gasteiger partial charge < -0.3 is 24.8 Å². The van der Waals surface area contributed by atoms with E-state index >= 15 is 0 Å². The SMILES string of the molecule is COc1cc(CC(=O)c2ccc(F)c(-c3c(F)cccc3F)n2)c([C@H]2C[C@@H](O)[C@H](O)[C@@H](CO)O2)cn1. The summed E-state index contributed by atoms with van der Waals surface area (Å²) in [4.78, 5) is 21.2. The van der Waals surface area contributed by atoms with Gasteiger partial charge >= 0.3 is 0 Å². The summed E-state index contributed by atoms with van der Waals surface area (Å²) < 4.78 is 53.8. The van der Waals surface area contributed by atoms with Crippen LogP contribution >= 0.6 is 0 Å². The molecule has 8 nitrogen and oxygen atoms in total. The first-order chi connectivity index (χ1) is 17.2. The maximum absolute atomic E-state index is 14.4. The van der Waals surface area contributed by atoms with Crippen molar-refractivity contribution in [2.24, 2.45) is 0 Å². The van der Waals surface area contributed by atoms with E-state index in [0.29, 0.717) is 11.1 Å². The molecular formula is C25H23F3N2O6. The summed E-state index contributed by atoms with van der Waals surface area (Å²) in [5.74, 6) is -3.47. The molecule has 1 aliphatic rings. The lowest BCUT2D eigenvalue weighted by atomic mass is 9.91. The summed E-state index contributed by atoms with van der Waals surface area (Å²) in [5, 5.41) is 29.7. The average Bonchev–Trinajstić information content (AvgIpc) is 2.86. The zero-order chi connectivity index (χ0) is 26.0. The average molecular weight is 504 g/mol. The number of aliphatic hydroxyl groups is 3. The van der Waals surface area contributed by atoms with E-state index in [-0.39, 0.29) is 24.4 Å². The lowest BCUT2D eigenvalue weighted by molar-refractivity contribution is -0.181. The zero-order valence-corrected chi connectivity index (χ0v) is 19.1. The van der Waals surface area contributed by atoms with E-state index in [0.717, 1.165) is 30.3 Å². The Kier molecular flexibility index (Phi) is 7.65. The Morgan fingerprint density at radius 1 is 1.14 bits per heavy atom. The van der Waals surface area contributed by atoms with Crippen LogP contribution in [0.5, 0.6) is 5.88 Å². The molecule has 0 unspecified atom stereocenters. The second-order valence-corrected chi connectivity index (χ2v) is 8.29. The number of ether oxygens (including phenoxy) is 2.